The summed E-state index contributed by atoms with van der Waals surface area (Å²) in [6.07, 6.45) is 10.1. The van der Waals surface area contributed by atoms with Crippen LogP contribution in [0.1, 0.15) is 98.8 Å². The Kier molecular flexibility index (Phi) is 15.3. The van der Waals surface area contributed by atoms with Crippen molar-refractivity contribution in [2.75, 3.05) is 26.3 Å². The second-order valence-corrected chi connectivity index (χ2v) is 7.92. The topological polar surface area (TPSA) is 58.6 Å². The molecule has 27 heavy (non-hydrogen) atoms. The molecule has 5 heteroatoms. The molecule has 0 fully saturated rings. The minimum atomic E-state index is -0.128. The Bertz CT molecular complexity index is 397. The quantitative estimate of drug-likeness (QED) is 0.370. The smallest absolute Gasteiger partial charge is 0.224 e. The molecule has 0 saturated carbocycles. The van der Waals surface area contributed by atoms with Crippen molar-refractivity contribution < 1.29 is 14.3 Å². The highest BCUT2D eigenvalue weighted by Gasteiger charge is 2.29. The zero-order valence-corrected chi connectivity index (χ0v) is 18.6. The van der Waals surface area contributed by atoms with E-state index in [1.54, 1.807) is 0 Å². The lowest BCUT2D eigenvalue weighted by Gasteiger charge is -2.39. The van der Waals surface area contributed by atoms with Crippen LogP contribution >= 0.6 is 0 Å². The molecule has 0 aromatic heterocycles. The van der Waals surface area contributed by atoms with Crippen molar-refractivity contribution in [1.29, 1.82) is 0 Å². The maximum atomic E-state index is 12.8. The average molecular weight is 385 g/mol. The molecule has 160 valence electrons. The molecule has 0 aromatic carbocycles. The zero-order valence-electron chi connectivity index (χ0n) is 18.6. The van der Waals surface area contributed by atoms with E-state index >= 15 is 0 Å². The van der Waals surface area contributed by atoms with Gasteiger partial charge in [-0.1, -0.05) is 52.4 Å². The summed E-state index contributed by atoms with van der Waals surface area (Å²) in [4.78, 5) is 26.6. The number of nitrogens with one attached hydrogen (secondary N) is 1. The molecule has 0 aliphatic carbocycles. The molecule has 5 nitrogen and oxygen atoms in total. The Labute approximate surface area is 167 Å². The van der Waals surface area contributed by atoms with Crippen molar-refractivity contribution in [2.45, 2.75) is 104 Å². The predicted octanol–water partition coefficient (Wildman–Crippen LogP) is 4.69. The molecule has 1 N–H and O–H groups in total. The Balaban J connectivity index is 4.45. The van der Waals surface area contributed by atoms with Crippen LogP contribution in [0.2, 0.25) is 0 Å². The Morgan fingerprint density at radius 1 is 0.926 bits per heavy atom. The van der Waals surface area contributed by atoms with Gasteiger partial charge in [-0.05, 0) is 33.6 Å². The third-order valence-electron chi connectivity index (χ3n) is 5.00. The molecule has 0 aliphatic heterocycles. The lowest BCUT2D eigenvalue weighted by molar-refractivity contribution is -0.137. The number of hydrogen-bond donors (Lipinski definition) is 1. The predicted molar refractivity (Wildman–Crippen MR) is 113 cm³/mol. The number of hydrogen-bond acceptors (Lipinski definition) is 3. The third kappa shape index (κ3) is 12.8. The standard InChI is InChI=1S/C22H44N2O3/c1-6-9-11-12-13-16-22(4,5)24(18-10-7-2)21(26)14-17-23-20(25)15-19-27-8-3/h6-19H2,1-5H3,(H,23,25). The van der Waals surface area contributed by atoms with E-state index in [4.69, 9.17) is 4.74 Å². The first-order chi connectivity index (χ1) is 12.9. The van der Waals surface area contributed by atoms with Crippen LogP contribution < -0.4 is 5.32 Å². The van der Waals surface area contributed by atoms with Crippen molar-refractivity contribution in [3.05, 3.63) is 0 Å². The van der Waals surface area contributed by atoms with Crippen LogP contribution in [0.15, 0.2) is 0 Å². The summed E-state index contributed by atoms with van der Waals surface area (Å²) in [5.41, 5.74) is -0.128. The minimum Gasteiger partial charge on any atom is -0.381 e. The van der Waals surface area contributed by atoms with Crippen LogP contribution in [0.3, 0.4) is 0 Å². The van der Waals surface area contributed by atoms with E-state index in [1.807, 2.05) is 11.8 Å². The van der Waals surface area contributed by atoms with Gasteiger partial charge < -0.3 is 15.0 Å². The fourth-order valence-electron chi connectivity index (χ4n) is 3.22. The second-order valence-electron chi connectivity index (χ2n) is 7.92. The van der Waals surface area contributed by atoms with Crippen molar-refractivity contribution >= 4 is 11.8 Å². The highest BCUT2D eigenvalue weighted by molar-refractivity contribution is 5.79. The van der Waals surface area contributed by atoms with E-state index < -0.39 is 0 Å². The van der Waals surface area contributed by atoms with Gasteiger partial charge in [0, 0.05) is 38.1 Å². The first kappa shape index (κ1) is 25.9. The number of carbonyl (C=O) groups is 2. The van der Waals surface area contributed by atoms with Gasteiger partial charge in [0.1, 0.15) is 0 Å². The van der Waals surface area contributed by atoms with E-state index in [9.17, 15) is 9.59 Å². The van der Waals surface area contributed by atoms with Gasteiger partial charge in [0.15, 0.2) is 0 Å². The summed E-state index contributed by atoms with van der Waals surface area (Å²) in [5, 5.41) is 2.83. The summed E-state index contributed by atoms with van der Waals surface area (Å²) in [5.74, 6) is 0.0960. The summed E-state index contributed by atoms with van der Waals surface area (Å²) >= 11 is 0. The first-order valence-corrected chi connectivity index (χ1v) is 11.0. The van der Waals surface area contributed by atoms with Crippen LogP contribution in [-0.4, -0.2) is 48.6 Å². The Hall–Kier alpha value is -1.10. The molecule has 0 unspecified atom stereocenters. The van der Waals surface area contributed by atoms with Gasteiger partial charge in [0.2, 0.25) is 11.8 Å². The van der Waals surface area contributed by atoms with Crippen molar-refractivity contribution in [3.63, 3.8) is 0 Å². The highest BCUT2D eigenvalue weighted by Crippen LogP contribution is 2.24. The normalized spacial score (nSPS) is 11.4. The summed E-state index contributed by atoms with van der Waals surface area (Å²) < 4.78 is 5.18. The number of ether oxygens (including phenoxy) is 1. The first-order valence-electron chi connectivity index (χ1n) is 11.0. The van der Waals surface area contributed by atoms with E-state index in [-0.39, 0.29) is 17.4 Å². The molecule has 2 amide bonds. The fourth-order valence-corrected chi connectivity index (χ4v) is 3.22. The third-order valence-corrected chi connectivity index (χ3v) is 5.00. The van der Waals surface area contributed by atoms with E-state index in [2.05, 4.69) is 33.0 Å². The number of amides is 2. The lowest BCUT2D eigenvalue weighted by Crippen LogP contribution is -2.49. The Morgan fingerprint density at radius 3 is 2.22 bits per heavy atom. The van der Waals surface area contributed by atoms with E-state index in [0.717, 1.165) is 32.2 Å². The van der Waals surface area contributed by atoms with Crippen LogP contribution in [0.5, 0.6) is 0 Å². The molecule has 0 aromatic rings. The van der Waals surface area contributed by atoms with Crippen molar-refractivity contribution in [3.8, 4) is 0 Å². The minimum absolute atomic E-state index is 0.0495. The van der Waals surface area contributed by atoms with Gasteiger partial charge in [-0.3, -0.25) is 9.59 Å². The molecule has 0 spiro atoms. The zero-order chi connectivity index (χ0) is 20.5. The molecule has 0 saturated heterocycles. The largest absolute Gasteiger partial charge is 0.381 e. The molecule has 0 rings (SSSR count). The maximum absolute atomic E-state index is 12.8. The monoisotopic (exact) mass is 384 g/mol. The van der Waals surface area contributed by atoms with Gasteiger partial charge in [0.05, 0.1) is 6.61 Å². The number of unbranched alkanes of at least 4 members (excludes halogenated alkanes) is 5. The fraction of sp³-hybridized carbons (Fsp3) is 0.909. The number of carbonyl (C=O) groups excluding carboxylic acids is 2. The second kappa shape index (κ2) is 15.9. The van der Waals surface area contributed by atoms with Gasteiger partial charge in [-0.2, -0.15) is 0 Å². The van der Waals surface area contributed by atoms with Crippen molar-refractivity contribution in [1.82, 2.24) is 10.2 Å². The molecule has 0 aliphatic rings. The Morgan fingerprint density at radius 2 is 1.59 bits per heavy atom. The number of rotatable bonds is 17. The van der Waals surface area contributed by atoms with Gasteiger partial charge in [-0.25, -0.2) is 0 Å². The number of nitrogens with zero attached hydrogens (tertiary/aromatic N) is 1. The summed E-state index contributed by atoms with van der Waals surface area (Å²) in [6.45, 7) is 12.9. The highest BCUT2D eigenvalue weighted by atomic mass is 16.5. The lowest BCUT2D eigenvalue weighted by atomic mass is 9.93. The molecule has 0 bridgehead atoms. The van der Waals surface area contributed by atoms with Crippen LogP contribution in [0.4, 0.5) is 0 Å². The average Bonchev–Trinajstić information content (AvgIpc) is 2.62. The maximum Gasteiger partial charge on any atom is 0.224 e. The van der Waals surface area contributed by atoms with Crippen molar-refractivity contribution in [2.24, 2.45) is 0 Å². The molecule has 0 radical (unpaired) electrons. The van der Waals surface area contributed by atoms with Crippen LogP contribution in [0.25, 0.3) is 0 Å². The van der Waals surface area contributed by atoms with Gasteiger partial charge >= 0.3 is 0 Å². The summed E-state index contributed by atoms with van der Waals surface area (Å²) in [6, 6.07) is 0. The molecule has 0 heterocycles. The summed E-state index contributed by atoms with van der Waals surface area (Å²) in [7, 11) is 0. The molecular weight excluding hydrogens is 340 g/mol. The van der Waals surface area contributed by atoms with Crippen LogP contribution in [0, 0.1) is 0 Å². The molecular formula is C22H44N2O3. The SMILES string of the molecule is CCCCCCCC(C)(C)N(CCCC)C(=O)CCNC(=O)CCOCC. The van der Waals surface area contributed by atoms with Crippen LogP contribution in [-0.2, 0) is 14.3 Å². The van der Waals surface area contributed by atoms with Gasteiger partial charge in [-0.15, -0.1) is 0 Å². The van der Waals surface area contributed by atoms with E-state index in [1.165, 1.54) is 25.7 Å². The molecule has 0 atom stereocenters. The van der Waals surface area contributed by atoms with E-state index in [0.29, 0.717) is 32.6 Å². The van der Waals surface area contributed by atoms with Gasteiger partial charge in [0.25, 0.3) is 0 Å².